The number of benzene rings is 2. The van der Waals surface area contributed by atoms with E-state index in [1.54, 1.807) is 12.1 Å². The summed E-state index contributed by atoms with van der Waals surface area (Å²) in [6.45, 7) is 2.67. The zero-order valence-corrected chi connectivity index (χ0v) is 16.0. The minimum absolute atomic E-state index is 0.154. The van der Waals surface area contributed by atoms with Gasteiger partial charge in [-0.25, -0.2) is 0 Å². The van der Waals surface area contributed by atoms with Gasteiger partial charge in [0.1, 0.15) is 30.3 Å². The smallest absolute Gasteiger partial charge is 0.121 e. The van der Waals surface area contributed by atoms with Crippen molar-refractivity contribution in [2.75, 3.05) is 26.2 Å². The number of aliphatic hydroxyl groups is 1. The highest BCUT2D eigenvalue weighted by Crippen LogP contribution is 2.28. The van der Waals surface area contributed by atoms with Crippen LogP contribution in [0.3, 0.4) is 0 Å². The Bertz CT molecular complexity index is 691. The summed E-state index contributed by atoms with van der Waals surface area (Å²) in [6.07, 6.45) is 1.46. The van der Waals surface area contributed by atoms with Crippen molar-refractivity contribution in [1.82, 2.24) is 4.90 Å². The molecule has 4 nitrogen and oxygen atoms in total. The number of nitrogens with zero attached hydrogens (tertiary/aromatic N) is 1. The van der Waals surface area contributed by atoms with E-state index in [9.17, 15) is 5.11 Å². The first-order valence-electron chi connectivity index (χ1n) is 8.80. The number of piperidine rings is 1. The van der Waals surface area contributed by atoms with Crippen LogP contribution in [0.1, 0.15) is 12.8 Å². The fourth-order valence-electron chi connectivity index (χ4n) is 3.01. The summed E-state index contributed by atoms with van der Waals surface area (Å²) in [5.41, 5.74) is 0. The van der Waals surface area contributed by atoms with Gasteiger partial charge >= 0.3 is 0 Å². The number of rotatable bonds is 7. The van der Waals surface area contributed by atoms with Gasteiger partial charge in [0.25, 0.3) is 0 Å². The van der Waals surface area contributed by atoms with Gasteiger partial charge in [0.15, 0.2) is 0 Å². The SMILES string of the molecule is OC(COc1ccccc1)CN1CCC(Oc2ccc(Cl)c(Cl)c2)CC1. The number of ether oxygens (including phenoxy) is 2. The van der Waals surface area contributed by atoms with Gasteiger partial charge in [-0.15, -0.1) is 0 Å². The maximum absolute atomic E-state index is 10.2. The van der Waals surface area contributed by atoms with Crippen LogP contribution in [0.5, 0.6) is 11.5 Å². The molecule has 2 aromatic rings. The lowest BCUT2D eigenvalue weighted by Crippen LogP contribution is -2.43. The maximum atomic E-state index is 10.2. The quantitative estimate of drug-likeness (QED) is 0.759. The van der Waals surface area contributed by atoms with E-state index in [1.807, 2.05) is 36.4 Å². The number of hydrogen-bond acceptors (Lipinski definition) is 4. The third-order valence-electron chi connectivity index (χ3n) is 4.38. The molecule has 6 heteroatoms. The molecule has 1 N–H and O–H groups in total. The molecule has 0 aromatic heterocycles. The van der Waals surface area contributed by atoms with Crippen molar-refractivity contribution in [2.24, 2.45) is 0 Å². The topological polar surface area (TPSA) is 41.9 Å². The van der Waals surface area contributed by atoms with E-state index in [0.717, 1.165) is 37.4 Å². The van der Waals surface area contributed by atoms with Crippen molar-refractivity contribution in [2.45, 2.75) is 25.0 Å². The molecule has 0 amide bonds. The van der Waals surface area contributed by atoms with Gasteiger partial charge < -0.3 is 19.5 Å². The Kier molecular flexibility index (Phi) is 7.03. The van der Waals surface area contributed by atoms with E-state index in [-0.39, 0.29) is 6.10 Å². The van der Waals surface area contributed by atoms with Crippen LogP contribution in [-0.4, -0.2) is 48.5 Å². The van der Waals surface area contributed by atoms with E-state index in [1.165, 1.54) is 0 Å². The van der Waals surface area contributed by atoms with E-state index < -0.39 is 6.10 Å². The van der Waals surface area contributed by atoms with E-state index in [2.05, 4.69) is 4.90 Å². The van der Waals surface area contributed by atoms with Crippen LogP contribution < -0.4 is 9.47 Å². The first kappa shape index (κ1) is 19.3. The fourth-order valence-corrected chi connectivity index (χ4v) is 3.30. The van der Waals surface area contributed by atoms with Crippen molar-refractivity contribution in [1.29, 1.82) is 0 Å². The summed E-state index contributed by atoms with van der Waals surface area (Å²) in [5.74, 6) is 1.52. The number of hydrogen-bond donors (Lipinski definition) is 1. The van der Waals surface area contributed by atoms with Gasteiger partial charge in [-0.2, -0.15) is 0 Å². The molecule has 1 unspecified atom stereocenters. The summed E-state index contributed by atoms with van der Waals surface area (Å²) in [4.78, 5) is 2.24. The second-order valence-electron chi connectivity index (χ2n) is 6.47. The van der Waals surface area contributed by atoms with Gasteiger partial charge in [0.2, 0.25) is 0 Å². The van der Waals surface area contributed by atoms with Gasteiger partial charge in [-0.05, 0) is 37.1 Å². The Labute approximate surface area is 164 Å². The normalized spacial score (nSPS) is 17.0. The molecule has 0 aliphatic carbocycles. The predicted molar refractivity (Wildman–Crippen MR) is 104 cm³/mol. The van der Waals surface area contributed by atoms with Crippen LogP contribution in [0.4, 0.5) is 0 Å². The van der Waals surface area contributed by atoms with Crippen LogP contribution in [0.25, 0.3) is 0 Å². The molecule has 0 saturated carbocycles. The highest BCUT2D eigenvalue weighted by molar-refractivity contribution is 6.42. The molecule has 1 aliphatic rings. The van der Waals surface area contributed by atoms with Crippen molar-refractivity contribution < 1.29 is 14.6 Å². The second-order valence-corrected chi connectivity index (χ2v) is 7.29. The van der Waals surface area contributed by atoms with Crippen LogP contribution in [0.2, 0.25) is 10.0 Å². The number of aliphatic hydroxyl groups excluding tert-OH is 1. The zero-order chi connectivity index (χ0) is 18.4. The molecule has 140 valence electrons. The van der Waals surface area contributed by atoms with Crippen molar-refractivity contribution in [3.8, 4) is 11.5 Å². The minimum Gasteiger partial charge on any atom is -0.491 e. The Balaban J connectivity index is 1.38. The Morgan fingerprint density at radius 1 is 1.00 bits per heavy atom. The molecule has 1 heterocycles. The van der Waals surface area contributed by atoms with Gasteiger partial charge in [0.05, 0.1) is 10.0 Å². The summed E-state index contributed by atoms with van der Waals surface area (Å²) >= 11 is 12.0. The first-order chi connectivity index (χ1) is 12.6. The van der Waals surface area contributed by atoms with Crippen LogP contribution >= 0.6 is 23.2 Å². The zero-order valence-electron chi connectivity index (χ0n) is 14.5. The number of para-hydroxylation sites is 1. The van der Waals surface area contributed by atoms with Crippen LogP contribution in [0, 0.1) is 0 Å². The van der Waals surface area contributed by atoms with Crippen LogP contribution in [0.15, 0.2) is 48.5 Å². The molecule has 26 heavy (non-hydrogen) atoms. The molecular formula is C20H23Cl2NO3. The van der Waals surface area contributed by atoms with Crippen molar-refractivity contribution >= 4 is 23.2 Å². The summed E-state index contributed by atoms with van der Waals surface area (Å²) in [7, 11) is 0. The molecule has 1 fully saturated rings. The summed E-state index contributed by atoms with van der Waals surface area (Å²) < 4.78 is 11.6. The fraction of sp³-hybridized carbons (Fsp3) is 0.400. The standard InChI is InChI=1S/C20H23Cl2NO3/c21-19-7-6-18(12-20(19)22)26-17-8-10-23(11-9-17)13-15(24)14-25-16-4-2-1-3-5-16/h1-7,12,15,17,24H,8-11,13-14H2. The minimum atomic E-state index is -0.511. The summed E-state index contributed by atoms with van der Waals surface area (Å²) in [5, 5.41) is 11.2. The average molecular weight is 396 g/mol. The van der Waals surface area contributed by atoms with E-state index in [0.29, 0.717) is 23.2 Å². The monoisotopic (exact) mass is 395 g/mol. The first-order valence-corrected chi connectivity index (χ1v) is 9.56. The number of likely N-dealkylation sites (tertiary alicyclic amines) is 1. The molecule has 1 aliphatic heterocycles. The molecule has 3 rings (SSSR count). The second kappa shape index (κ2) is 9.47. The Morgan fingerprint density at radius 3 is 2.42 bits per heavy atom. The largest absolute Gasteiger partial charge is 0.491 e. The molecule has 0 spiro atoms. The lowest BCUT2D eigenvalue weighted by molar-refractivity contribution is 0.0401. The predicted octanol–water partition coefficient (Wildman–Crippen LogP) is 4.28. The number of β-amino-alcohol motifs (C(OH)–C–C–N with tert-alkyl or cyclic N) is 1. The van der Waals surface area contributed by atoms with Gasteiger partial charge in [-0.1, -0.05) is 41.4 Å². The van der Waals surface area contributed by atoms with E-state index >= 15 is 0 Å². The van der Waals surface area contributed by atoms with Crippen molar-refractivity contribution in [3.63, 3.8) is 0 Å². The lowest BCUT2D eigenvalue weighted by atomic mass is 10.1. The number of halogens is 2. The highest BCUT2D eigenvalue weighted by Gasteiger charge is 2.22. The van der Waals surface area contributed by atoms with Crippen LogP contribution in [-0.2, 0) is 0 Å². The molecule has 2 aromatic carbocycles. The van der Waals surface area contributed by atoms with E-state index in [4.69, 9.17) is 32.7 Å². The molecule has 1 atom stereocenters. The molecular weight excluding hydrogens is 373 g/mol. The third kappa shape index (κ3) is 5.78. The molecule has 1 saturated heterocycles. The average Bonchev–Trinajstić information content (AvgIpc) is 2.65. The maximum Gasteiger partial charge on any atom is 0.121 e. The third-order valence-corrected chi connectivity index (χ3v) is 5.12. The Hall–Kier alpha value is -1.46. The van der Waals surface area contributed by atoms with Gasteiger partial charge in [0, 0.05) is 25.7 Å². The highest BCUT2D eigenvalue weighted by atomic mass is 35.5. The molecule has 0 radical (unpaired) electrons. The molecule has 0 bridgehead atoms. The summed E-state index contributed by atoms with van der Waals surface area (Å²) in [6, 6.07) is 14.9. The van der Waals surface area contributed by atoms with Gasteiger partial charge in [-0.3, -0.25) is 0 Å². The van der Waals surface area contributed by atoms with Crippen molar-refractivity contribution in [3.05, 3.63) is 58.6 Å². The lowest BCUT2D eigenvalue weighted by Gasteiger charge is -2.33. The Morgan fingerprint density at radius 2 is 1.73 bits per heavy atom.